The van der Waals surface area contributed by atoms with Gasteiger partial charge in [0.05, 0.1) is 30.1 Å². The molecule has 19 heavy (non-hydrogen) atoms. The molecule has 1 aliphatic rings. The largest absolute Gasteiger partial charge is 1.00 e. The fraction of sp³-hybridized carbons (Fsp3) is 0.231. The molecule has 1 amide bonds. The average molecular weight is 250 g/mol. The molecule has 3 rings (SSSR count). The Morgan fingerprint density at radius 2 is 2.21 bits per heavy atom. The van der Waals surface area contributed by atoms with Crippen molar-refractivity contribution in [1.29, 1.82) is 0 Å². The monoisotopic (exact) mass is 250 g/mol. The summed E-state index contributed by atoms with van der Waals surface area (Å²) in [6, 6.07) is 3.81. The van der Waals surface area contributed by atoms with E-state index in [4.69, 9.17) is 0 Å². The topological polar surface area (TPSA) is 74.2 Å². The number of amides is 1. The van der Waals surface area contributed by atoms with E-state index >= 15 is 0 Å². The third kappa shape index (κ3) is 2.27. The summed E-state index contributed by atoms with van der Waals surface area (Å²) in [5.74, 6) is -1.21. The van der Waals surface area contributed by atoms with Crippen LogP contribution in [0, 0.1) is 6.92 Å². The second-order valence-electron chi connectivity index (χ2n) is 4.59. The Morgan fingerprint density at radius 3 is 2.89 bits per heavy atom. The Morgan fingerprint density at radius 1 is 1.47 bits per heavy atom. The van der Waals surface area contributed by atoms with Crippen molar-refractivity contribution in [2.75, 3.05) is 5.32 Å². The van der Waals surface area contributed by atoms with E-state index in [1.165, 1.54) is 0 Å². The number of nitrogens with one attached hydrogen (secondary N) is 1. The number of carbonyl (C=O) groups excluding carboxylic acids is 2. The van der Waals surface area contributed by atoms with E-state index in [0.29, 0.717) is 0 Å². The molecule has 1 N–H and O–H groups in total. The smallest absolute Gasteiger partial charge is 0.548 e. The zero-order valence-electron chi connectivity index (χ0n) is 10.8. The summed E-state index contributed by atoms with van der Waals surface area (Å²) in [5.41, 5.74) is 3.42. The molecule has 2 aromatic rings. The van der Waals surface area contributed by atoms with Gasteiger partial charge < -0.3 is 19.8 Å². The molecule has 1 aromatic carbocycles. The van der Waals surface area contributed by atoms with Crippen molar-refractivity contribution in [1.82, 2.24) is 4.57 Å². The van der Waals surface area contributed by atoms with E-state index in [0.717, 1.165) is 27.7 Å². The number of anilines is 1. The summed E-state index contributed by atoms with van der Waals surface area (Å²) in [6.45, 7) is 1.71. The van der Waals surface area contributed by atoms with Gasteiger partial charge in [-0.1, -0.05) is 0 Å². The van der Waals surface area contributed by atoms with Gasteiger partial charge in [-0.25, -0.2) is 0 Å². The van der Waals surface area contributed by atoms with E-state index in [9.17, 15) is 14.7 Å². The van der Waals surface area contributed by atoms with Gasteiger partial charge >= 0.3 is 18.9 Å². The van der Waals surface area contributed by atoms with Crippen molar-refractivity contribution >= 4 is 28.5 Å². The summed E-state index contributed by atoms with van der Waals surface area (Å²) in [7, 11) is 0. The van der Waals surface area contributed by atoms with Crippen LogP contribution in [0.25, 0.3) is 10.9 Å². The van der Waals surface area contributed by atoms with Crippen LogP contribution in [-0.2, 0) is 22.6 Å². The summed E-state index contributed by atoms with van der Waals surface area (Å²) in [6.07, 6.45) is 2.01. The van der Waals surface area contributed by atoms with Gasteiger partial charge in [0.2, 0.25) is 5.91 Å². The third-order valence-electron chi connectivity index (χ3n) is 3.13. The van der Waals surface area contributed by atoms with Crippen molar-refractivity contribution in [3.8, 4) is 0 Å². The van der Waals surface area contributed by atoms with Crippen LogP contribution in [0.15, 0.2) is 18.3 Å². The first kappa shape index (κ1) is 13.7. The molecule has 0 bridgehead atoms. The van der Waals surface area contributed by atoms with Crippen molar-refractivity contribution < 1.29 is 33.6 Å². The van der Waals surface area contributed by atoms with E-state index in [1.54, 1.807) is 10.8 Å². The van der Waals surface area contributed by atoms with Gasteiger partial charge in [-0.15, -0.1) is 0 Å². The minimum atomic E-state index is -1.14. The SMILES string of the molecule is Cc1cc2c3c(cn(CC(=O)[O-])c3c1)CC(=O)N2.[Li+]. The number of aryl methyl sites for hydroxylation is 1. The number of hydrogen-bond acceptors (Lipinski definition) is 3. The predicted molar refractivity (Wildman–Crippen MR) is 64.0 cm³/mol. The predicted octanol–water partition coefficient (Wildman–Crippen LogP) is -2.80. The number of carboxylic acids is 1. The Labute approximate surface area is 121 Å². The third-order valence-corrected chi connectivity index (χ3v) is 3.13. The maximum atomic E-state index is 11.6. The van der Waals surface area contributed by atoms with Crippen molar-refractivity contribution in [2.24, 2.45) is 0 Å². The Bertz CT molecular complexity index is 691. The molecule has 0 spiro atoms. The van der Waals surface area contributed by atoms with Crippen LogP contribution < -0.4 is 29.3 Å². The van der Waals surface area contributed by atoms with Crippen LogP contribution in [0.4, 0.5) is 5.69 Å². The second-order valence-corrected chi connectivity index (χ2v) is 4.59. The Balaban J connectivity index is 0.00000133. The molecule has 92 valence electrons. The number of carbonyl (C=O) groups is 2. The van der Waals surface area contributed by atoms with Crippen LogP contribution in [0.3, 0.4) is 0 Å². The molecule has 0 fully saturated rings. The van der Waals surface area contributed by atoms with Gasteiger partial charge in [-0.2, -0.15) is 0 Å². The number of aromatic nitrogens is 1. The maximum absolute atomic E-state index is 11.6. The summed E-state index contributed by atoms with van der Waals surface area (Å²) in [4.78, 5) is 22.3. The number of nitrogens with zero attached hydrogens (tertiary/aromatic N) is 1. The van der Waals surface area contributed by atoms with Crippen LogP contribution in [0.2, 0.25) is 0 Å². The number of benzene rings is 1. The summed E-state index contributed by atoms with van der Waals surface area (Å²) < 4.78 is 1.62. The van der Waals surface area contributed by atoms with Crippen LogP contribution in [0.1, 0.15) is 11.1 Å². The molecule has 2 heterocycles. The van der Waals surface area contributed by atoms with Crippen molar-refractivity contribution in [3.05, 3.63) is 29.5 Å². The average Bonchev–Trinajstić information content (AvgIpc) is 2.55. The fourth-order valence-electron chi connectivity index (χ4n) is 2.52. The quantitative estimate of drug-likeness (QED) is 0.585. The first-order chi connectivity index (χ1) is 8.54. The van der Waals surface area contributed by atoms with Crippen LogP contribution >= 0.6 is 0 Å². The zero-order chi connectivity index (χ0) is 12.9. The van der Waals surface area contributed by atoms with Gasteiger partial charge in [0.15, 0.2) is 0 Å². The van der Waals surface area contributed by atoms with Crippen LogP contribution in [-0.4, -0.2) is 16.4 Å². The normalized spacial score (nSPS) is 13.0. The van der Waals surface area contributed by atoms with Gasteiger partial charge in [0, 0.05) is 11.6 Å². The number of hydrogen-bond donors (Lipinski definition) is 1. The number of rotatable bonds is 2. The summed E-state index contributed by atoms with van der Waals surface area (Å²) in [5, 5.41) is 14.5. The van der Waals surface area contributed by atoms with Crippen molar-refractivity contribution in [2.45, 2.75) is 19.9 Å². The van der Waals surface area contributed by atoms with Gasteiger partial charge in [-0.05, 0) is 30.2 Å². The Kier molecular flexibility index (Phi) is 3.44. The summed E-state index contributed by atoms with van der Waals surface area (Å²) >= 11 is 0. The molecule has 1 aliphatic heterocycles. The first-order valence-corrected chi connectivity index (χ1v) is 5.66. The molecule has 5 nitrogen and oxygen atoms in total. The van der Waals surface area contributed by atoms with Gasteiger partial charge in [0.1, 0.15) is 0 Å². The first-order valence-electron chi connectivity index (χ1n) is 5.66. The molecule has 0 saturated heterocycles. The number of carboxylic acid groups (broad SMARTS) is 1. The molecular formula is C13H11LiN2O3. The standard InChI is InChI=1S/C13H12N2O3.Li/c1-7-2-9-13-8(4-11(16)14-9)5-15(6-12(17)18)10(13)3-7;/h2-3,5H,4,6H2,1H3,(H,14,16)(H,17,18);/q;+1/p-1. The second kappa shape index (κ2) is 4.76. The number of aliphatic carboxylic acids is 1. The Hall–Kier alpha value is -1.70. The maximum Gasteiger partial charge on any atom is 1.00 e. The molecule has 0 atom stereocenters. The minimum Gasteiger partial charge on any atom is -0.548 e. The molecule has 6 heteroatoms. The molecular weight excluding hydrogens is 239 g/mol. The van der Waals surface area contributed by atoms with Crippen LogP contribution in [0.5, 0.6) is 0 Å². The van der Waals surface area contributed by atoms with E-state index in [-0.39, 0.29) is 37.7 Å². The van der Waals surface area contributed by atoms with Gasteiger partial charge in [0.25, 0.3) is 0 Å². The minimum absolute atomic E-state index is 0. The molecule has 1 aromatic heterocycles. The molecule has 0 radical (unpaired) electrons. The van der Waals surface area contributed by atoms with E-state index in [1.807, 2.05) is 19.1 Å². The zero-order valence-corrected chi connectivity index (χ0v) is 10.8. The van der Waals surface area contributed by atoms with Gasteiger partial charge in [-0.3, -0.25) is 4.79 Å². The molecule has 0 aliphatic carbocycles. The fourth-order valence-corrected chi connectivity index (χ4v) is 2.52. The van der Waals surface area contributed by atoms with E-state index in [2.05, 4.69) is 5.32 Å². The van der Waals surface area contributed by atoms with Crippen molar-refractivity contribution in [3.63, 3.8) is 0 Å². The molecule has 0 unspecified atom stereocenters. The van der Waals surface area contributed by atoms with E-state index < -0.39 is 5.97 Å². The molecule has 0 saturated carbocycles.